The highest BCUT2D eigenvalue weighted by Gasteiger charge is 2.37. The SMILES string of the molecule is CC(C)(C)OCC1=NC2C=C3CC[C@H](O)C3=CC2C(=O)N1. The Hall–Kier alpha value is -1.46. The lowest BCUT2D eigenvalue weighted by molar-refractivity contribution is -0.123. The maximum atomic E-state index is 12.3. The van der Waals surface area contributed by atoms with Crippen LogP contribution in [0.1, 0.15) is 33.6 Å². The molecule has 1 aliphatic heterocycles. The number of amidine groups is 1. The van der Waals surface area contributed by atoms with Crippen LogP contribution in [0.3, 0.4) is 0 Å². The largest absolute Gasteiger partial charge is 0.388 e. The van der Waals surface area contributed by atoms with Crippen molar-refractivity contribution in [2.24, 2.45) is 10.9 Å². The van der Waals surface area contributed by atoms with Crippen LogP contribution in [-0.2, 0) is 9.53 Å². The average Bonchev–Trinajstić information content (AvgIpc) is 2.75. The second-order valence-corrected chi connectivity index (χ2v) is 6.85. The summed E-state index contributed by atoms with van der Waals surface area (Å²) in [6.45, 7) is 6.22. The number of amides is 1. The zero-order valence-electron chi connectivity index (χ0n) is 12.7. The van der Waals surface area contributed by atoms with Crippen LogP contribution in [0.5, 0.6) is 0 Å². The Morgan fingerprint density at radius 3 is 2.90 bits per heavy atom. The lowest BCUT2D eigenvalue weighted by Crippen LogP contribution is -2.48. The van der Waals surface area contributed by atoms with Crippen LogP contribution in [0.2, 0.25) is 0 Å². The summed E-state index contributed by atoms with van der Waals surface area (Å²) in [7, 11) is 0. The number of nitrogens with one attached hydrogen (secondary N) is 1. The molecule has 2 unspecified atom stereocenters. The molecule has 1 amide bonds. The van der Waals surface area contributed by atoms with Gasteiger partial charge in [0.2, 0.25) is 5.91 Å². The molecule has 1 fully saturated rings. The molecule has 0 aromatic heterocycles. The molecular formula is C16H22N2O3. The van der Waals surface area contributed by atoms with Crippen molar-refractivity contribution in [3.8, 4) is 0 Å². The van der Waals surface area contributed by atoms with E-state index in [-0.39, 0.29) is 23.5 Å². The smallest absolute Gasteiger partial charge is 0.234 e. The van der Waals surface area contributed by atoms with Crippen LogP contribution in [0.4, 0.5) is 0 Å². The quantitative estimate of drug-likeness (QED) is 0.806. The van der Waals surface area contributed by atoms with Crippen molar-refractivity contribution in [3.63, 3.8) is 0 Å². The van der Waals surface area contributed by atoms with Crippen molar-refractivity contribution in [3.05, 3.63) is 23.3 Å². The highest BCUT2D eigenvalue weighted by Crippen LogP contribution is 2.37. The van der Waals surface area contributed by atoms with Gasteiger partial charge < -0.3 is 15.2 Å². The molecule has 21 heavy (non-hydrogen) atoms. The third-order valence-corrected chi connectivity index (χ3v) is 4.03. The Labute approximate surface area is 124 Å². The molecule has 0 spiro atoms. The van der Waals surface area contributed by atoms with Crippen molar-refractivity contribution >= 4 is 11.7 Å². The Morgan fingerprint density at radius 1 is 1.43 bits per heavy atom. The standard InChI is InChI=1S/C16H22N2O3/c1-16(2,3)21-8-14-17-12-6-9-4-5-13(19)10(9)7-11(12)15(20)18-14/h6-7,11-13,19H,4-5,8H2,1-3H3,(H,17,18,20)/t11?,12?,13-/m0/s1. The number of fused-ring (bicyclic) bond motifs is 2. The number of hydrogen-bond donors (Lipinski definition) is 2. The van der Waals surface area contributed by atoms with E-state index in [0.717, 1.165) is 24.0 Å². The third-order valence-electron chi connectivity index (χ3n) is 4.03. The molecule has 1 saturated carbocycles. The lowest BCUT2D eigenvalue weighted by atomic mass is 9.86. The molecule has 0 aromatic rings. The van der Waals surface area contributed by atoms with Crippen LogP contribution in [0.15, 0.2) is 28.3 Å². The second kappa shape index (κ2) is 5.07. The molecule has 0 radical (unpaired) electrons. The molecule has 5 heteroatoms. The lowest BCUT2D eigenvalue weighted by Gasteiger charge is -2.30. The summed E-state index contributed by atoms with van der Waals surface area (Å²) in [6.07, 6.45) is 5.09. The van der Waals surface area contributed by atoms with E-state index in [4.69, 9.17) is 4.74 Å². The molecule has 2 aliphatic carbocycles. The highest BCUT2D eigenvalue weighted by molar-refractivity contribution is 6.03. The monoisotopic (exact) mass is 290 g/mol. The summed E-state index contributed by atoms with van der Waals surface area (Å²) < 4.78 is 5.68. The molecule has 0 aromatic carbocycles. The number of aliphatic hydroxyl groups is 1. The van der Waals surface area contributed by atoms with E-state index in [0.29, 0.717) is 12.4 Å². The molecule has 2 N–H and O–H groups in total. The van der Waals surface area contributed by atoms with Crippen LogP contribution in [0.25, 0.3) is 0 Å². The summed E-state index contributed by atoms with van der Waals surface area (Å²) in [4.78, 5) is 16.9. The van der Waals surface area contributed by atoms with Gasteiger partial charge in [-0.1, -0.05) is 12.2 Å². The minimum Gasteiger partial charge on any atom is -0.388 e. The number of hydrogen-bond acceptors (Lipinski definition) is 4. The molecular weight excluding hydrogens is 268 g/mol. The van der Waals surface area contributed by atoms with Crippen LogP contribution < -0.4 is 5.32 Å². The first kappa shape index (κ1) is 14.5. The molecule has 1 heterocycles. The van der Waals surface area contributed by atoms with Crippen molar-refractivity contribution < 1.29 is 14.6 Å². The molecule has 5 nitrogen and oxygen atoms in total. The van der Waals surface area contributed by atoms with Gasteiger partial charge in [-0.2, -0.15) is 0 Å². The average molecular weight is 290 g/mol. The Balaban J connectivity index is 1.80. The van der Waals surface area contributed by atoms with Gasteiger partial charge >= 0.3 is 0 Å². The summed E-state index contributed by atoms with van der Waals surface area (Å²) in [5, 5.41) is 12.7. The van der Waals surface area contributed by atoms with E-state index in [9.17, 15) is 9.90 Å². The van der Waals surface area contributed by atoms with Crippen LogP contribution in [0, 0.1) is 5.92 Å². The van der Waals surface area contributed by atoms with Crippen molar-refractivity contribution in [1.29, 1.82) is 0 Å². The van der Waals surface area contributed by atoms with Gasteiger partial charge in [0.25, 0.3) is 0 Å². The van der Waals surface area contributed by atoms with Crippen LogP contribution >= 0.6 is 0 Å². The summed E-state index contributed by atoms with van der Waals surface area (Å²) in [5.41, 5.74) is 1.78. The normalized spacial score (nSPS) is 31.7. The maximum Gasteiger partial charge on any atom is 0.234 e. The number of ether oxygens (including phenoxy) is 1. The van der Waals surface area contributed by atoms with E-state index in [1.807, 2.05) is 32.9 Å². The first-order valence-corrected chi connectivity index (χ1v) is 7.46. The number of carbonyl (C=O) groups excluding carboxylic acids is 1. The Kier molecular flexibility index (Phi) is 3.50. The minimum absolute atomic E-state index is 0.0654. The van der Waals surface area contributed by atoms with Gasteiger partial charge in [0.05, 0.1) is 23.7 Å². The van der Waals surface area contributed by atoms with Gasteiger partial charge in [0.15, 0.2) is 0 Å². The van der Waals surface area contributed by atoms with Gasteiger partial charge in [-0.15, -0.1) is 0 Å². The number of nitrogens with zero attached hydrogens (tertiary/aromatic N) is 1. The maximum absolute atomic E-state index is 12.3. The molecule has 3 rings (SSSR count). The molecule has 0 bridgehead atoms. The van der Waals surface area contributed by atoms with Gasteiger partial charge in [0.1, 0.15) is 12.4 Å². The summed E-state index contributed by atoms with van der Waals surface area (Å²) in [6, 6.07) is -0.165. The van der Waals surface area contributed by atoms with Gasteiger partial charge in [-0.05, 0) is 44.8 Å². The second-order valence-electron chi connectivity index (χ2n) is 6.85. The van der Waals surface area contributed by atoms with Crippen LogP contribution in [-0.4, -0.2) is 41.2 Å². The zero-order valence-corrected chi connectivity index (χ0v) is 12.7. The third kappa shape index (κ3) is 2.94. The topological polar surface area (TPSA) is 70.9 Å². The van der Waals surface area contributed by atoms with Gasteiger partial charge in [-0.3, -0.25) is 9.79 Å². The van der Waals surface area contributed by atoms with Crippen molar-refractivity contribution in [2.75, 3.05) is 6.61 Å². The first-order chi connectivity index (χ1) is 9.83. The van der Waals surface area contributed by atoms with Gasteiger partial charge in [-0.25, -0.2) is 0 Å². The molecule has 3 atom stereocenters. The molecule has 114 valence electrons. The fourth-order valence-corrected chi connectivity index (χ4v) is 2.95. The van der Waals surface area contributed by atoms with Crippen molar-refractivity contribution in [2.45, 2.75) is 51.4 Å². The molecule has 0 saturated heterocycles. The number of carbonyl (C=O) groups is 1. The van der Waals surface area contributed by atoms with E-state index in [1.165, 1.54) is 0 Å². The fraction of sp³-hybridized carbons (Fsp3) is 0.625. The van der Waals surface area contributed by atoms with E-state index in [2.05, 4.69) is 10.3 Å². The minimum atomic E-state index is -0.431. The van der Waals surface area contributed by atoms with Gasteiger partial charge in [0, 0.05) is 0 Å². The zero-order chi connectivity index (χ0) is 15.2. The van der Waals surface area contributed by atoms with E-state index < -0.39 is 6.10 Å². The van der Waals surface area contributed by atoms with E-state index >= 15 is 0 Å². The Bertz CT molecular complexity index is 554. The highest BCUT2D eigenvalue weighted by atomic mass is 16.5. The fourth-order valence-electron chi connectivity index (χ4n) is 2.95. The summed E-state index contributed by atoms with van der Waals surface area (Å²) in [5.74, 6) is 0.211. The number of aliphatic hydroxyl groups excluding tert-OH is 1. The Morgan fingerprint density at radius 2 is 2.19 bits per heavy atom. The predicted molar refractivity (Wildman–Crippen MR) is 80.0 cm³/mol. The number of aliphatic imine (C=N–C) groups is 1. The summed E-state index contributed by atoms with van der Waals surface area (Å²) >= 11 is 0. The predicted octanol–water partition coefficient (Wildman–Crippen LogP) is 1.34. The first-order valence-electron chi connectivity index (χ1n) is 7.46. The molecule has 3 aliphatic rings. The van der Waals surface area contributed by atoms with Crippen molar-refractivity contribution in [1.82, 2.24) is 5.32 Å². The van der Waals surface area contributed by atoms with E-state index in [1.54, 1.807) is 0 Å². The number of rotatable bonds is 2.